The van der Waals surface area contributed by atoms with Crippen molar-refractivity contribution >= 4 is 33.2 Å². The molecule has 0 atom stereocenters. The van der Waals surface area contributed by atoms with Gasteiger partial charge in [-0.1, -0.05) is 71.8 Å². The topological polar surface area (TPSA) is 66.5 Å². The Hall–Kier alpha value is -2.83. The molecule has 0 aliphatic rings. The highest BCUT2D eigenvalue weighted by Crippen LogP contribution is 2.30. The first-order chi connectivity index (χ1) is 15.1. The van der Waals surface area contributed by atoms with Gasteiger partial charge >= 0.3 is 0 Å². The predicted octanol–water partition coefficient (Wildman–Crippen LogP) is 4.98. The van der Waals surface area contributed by atoms with E-state index in [1.54, 1.807) is 36.4 Å². The molecule has 3 rings (SSSR count). The number of hydrogen-bond donors (Lipinski definition) is 1. The molecule has 5 nitrogen and oxygen atoms in total. The number of carbonyl (C=O) groups is 1. The van der Waals surface area contributed by atoms with E-state index >= 15 is 0 Å². The van der Waals surface area contributed by atoms with E-state index in [1.807, 2.05) is 51.1 Å². The van der Waals surface area contributed by atoms with E-state index in [1.165, 1.54) is 12.1 Å². The van der Waals surface area contributed by atoms with Crippen LogP contribution in [0.1, 0.15) is 25.0 Å². The predicted molar refractivity (Wildman–Crippen MR) is 130 cm³/mol. The first-order valence-corrected chi connectivity index (χ1v) is 12.1. The van der Waals surface area contributed by atoms with Crippen LogP contribution in [0, 0.1) is 6.92 Å². The van der Waals surface area contributed by atoms with Gasteiger partial charge in [0.2, 0.25) is 5.91 Å². The largest absolute Gasteiger partial charge is 0.349 e. The molecule has 168 valence electrons. The minimum atomic E-state index is -4.01. The van der Waals surface area contributed by atoms with Crippen LogP contribution < -0.4 is 9.62 Å². The van der Waals surface area contributed by atoms with Crippen LogP contribution in [-0.2, 0) is 21.2 Å². The van der Waals surface area contributed by atoms with Gasteiger partial charge in [0.25, 0.3) is 10.0 Å². The molecule has 7 heteroatoms. The molecule has 0 aromatic heterocycles. The molecule has 3 aromatic rings. The van der Waals surface area contributed by atoms with Gasteiger partial charge in [0.15, 0.2) is 0 Å². The molecule has 1 amide bonds. The van der Waals surface area contributed by atoms with Gasteiger partial charge in [0.1, 0.15) is 6.54 Å². The molecule has 0 saturated heterocycles. The summed E-state index contributed by atoms with van der Waals surface area (Å²) in [6, 6.07) is 22.9. The standard InChI is InChI=1S/C25H27ClN2O3S/c1-19-13-15-21(16-14-19)32(30,31)28(23-12-8-7-11-22(23)26)18-24(29)27-25(2,3)17-20-9-5-4-6-10-20/h4-16H,17-18H2,1-3H3,(H,27,29). The normalized spacial score (nSPS) is 11.8. The molecule has 32 heavy (non-hydrogen) atoms. The second kappa shape index (κ2) is 9.76. The van der Waals surface area contributed by atoms with Crippen LogP contribution >= 0.6 is 11.6 Å². The number of amides is 1. The number of halogens is 1. The summed E-state index contributed by atoms with van der Waals surface area (Å²) in [5.41, 5.74) is 1.70. The van der Waals surface area contributed by atoms with E-state index in [4.69, 9.17) is 11.6 Å². The zero-order valence-electron chi connectivity index (χ0n) is 18.4. The van der Waals surface area contributed by atoms with E-state index in [2.05, 4.69) is 5.32 Å². The van der Waals surface area contributed by atoms with Gasteiger partial charge in [-0.3, -0.25) is 9.10 Å². The summed E-state index contributed by atoms with van der Waals surface area (Å²) in [5, 5.41) is 3.22. The number of aryl methyl sites for hydroxylation is 1. The van der Waals surface area contributed by atoms with Crippen LogP contribution in [0.25, 0.3) is 0 Å². The number of nitrogens with one attached hydrogen (secondary N) is 1. The highest BCUT2D eigenvalue weighted by atomic mass is 35.5. The Kier molecular flexibility index (Phi) is 7.26. The Labute approximate surface area is 195 Å². The van der Waals surface area contributed by atoms with E-state index in [9.17, 15) is 13.2 Å². The minimum absolute atomic E-state index is 0.0966. The maximum atomic E-state index is 13.5. The van der Waals surface area contributed by atoms with Gasteiger partial charge in [-0.2, -0.15) is 0 Å². The summed E-state index contributed by atoms with van der Waals surface area (Å²) < 4.78 is 28.0. The number of nitrogens with zero attached hydrogens (tertiary/aromatic N) is 1. The molecule has 3 aromatic carbocycles. The third kappa shape index (κ3) is 5.90. The van der Waals surface area contributed by atoms with Gasteiger partial charge in [-0.05, 0) is 57.0 Å². The molecule has 0 radical (unpaired) electrons. The molecular formula is C25H27ClN2O3S. The highest BCUT2D eigenvalue weighted by molar-refractivity contribution is 7.92. The lowest BCUT2D eigenvalue weighted by atomic mass is 9.95. The Morgan fingerprint density at radius 1 is 0.938 bits per heavy atom. The molecule has 0 bridgehead atoms. The Morgan fingerprint density at radius 3 is 2.16 bits per heavy atom. The molecule has 0 unspecified atom stereocenters. The lowest BCUT2D eigenvalue weighted by Crippen LogP contribution is -2.50. The Balaban J connectivity index is 1.88. The fourth-order valence-corrected chi connectivity index (χ4v) is 5.22. The van der Waals surface area contributed by atoms with E-state index in [0.717, 1.165) is 15.4 Å². The van der Waals surface area contributed by atoms with Crippen molar-refractivity contribution in [2.75, 3.05) is 10.8 Å². The average Bonchev–Trinajstić information content (AvgIpc) is 2.73. The number of hydrogen-bond acceptors (Lipinski definition) is 3. The Bertz CT molecular complexity index is 1180. The zero-order chi connectivity index (χ0) is 23.4. The number of para-hydroxylation sites is 1. The van der Waals surface area contributed by atoms with E-state index in [-0.39, 0.29) is 15.6 Å². The van der Waals surface area contributed by atoms with Crippen LogP contribution in [0.15, 0.2) is 83.8 Å². The summed E-state index contributed by atoms with van der Waals surface area (Å²) in [7, 11) is -4.01. The third-order valence-electron chi connectivity index (χ3n) is 4.98. The quantitative estimate of drug-likeness (QED) is 0.504. The minimum Gasteiger partial charge on any atom is -0.349 e. The molecule has 0 saturated carbocycles. The summed E-state index contributed by atoms with van der Waals surface area (Å²) in [6.07, 6.45) is 0.608. The third-order valence-corrected chi connectivity index (χ3v) is 7.08. The molecular weight excluding hydrogens is 444 g/mol. The van der Waals surface area contributed by atoms with Crippen LogP contribution in [0.5, 0.6) is 0 Å². The smallest absolute Gasteiger partial charge is 0.264 e. The molecule has 0 aliphatic carbocycles. The van der Waals surface area contributed by atoms with Crippen LogP contribution in [0.4, 0.5) is 5.69 Å². The van der Waals surface area contributed by atoms with Crippen molar-refractivity contribution in [1.29, 1.82) is 0 Å². The zero-order valence-corrected chi connectivity index (χ0v) is 20.0. The maximum Gasteiger partial charge on any atom is 0.264 e. The SMILES string of the molecule is Cc1ccc(S(=O)(=O)N(CC(=O)NC(C)(C)Cc2ccccc2)c2ccccc2Cl)cc1. The van der Waals surface area contributed by atoms with Crippen molar-refractivity contribution in [1.82, 2.24) is 5.32 Å². The van der Waals surface area contributed by atoms with Crippen molar-refractivity contribution in [2.24, 2.45) is 0 Å². The first kappa shape index (κ1) is 23.8. The second-order valence-corrected chi connectivity index (χ2v) is 10.6. The lowest BCUT2D eigenvalue weighted by molar-refractivity contribution is -0.121. The van der Waals surface area contributed by atoms with Crippen molar-refractivity contribution in [2.45, 2.75) is 37.6 Å². The summed E-state index contributed by atoms with van der Waals surface area (Å²) in [5.74, 6) is -0.415. The molecule has 0 spiro atoms. The molecule has 0 heterocycles. The van der Waals surface area contributed by atoms with Gasteiger partial charge in [-0.15, -0.1) is 0 Å². The number of anilines is 1. The van der Waals surface area contributed by atoms with Gasteiger partial charge in [0.05, 0.1) is 15.6 Å². The number of carbonyl (C=O) groups excluding carboxylic acids is 1. The van der Waals surface area contributed by atoms with E-state index < -0.39 is 28.0 Å². The van der Waals surface area contributed by atoms with Gasteiger partial charge in [-0.25, -0.2) is 8.42 Å². The number of sulfonamides is 1. The summed E-state index contributed by atoms with van der Waals surface area (Å²) in [6.45, 7) is 5.31. The molecule has 0 aliphatic heterocycles. The average molecular weight is 471 g/mol. The Morgan fingerprint density at radius 2 is 1.53 bits per heavy atom. The second-order valence-electron chi connectivity index (χ2n) is 8.37. The lowest BCUT2D eigenvalue weighted by Gasteiger charge is -2.30. The van der Waals surface area contributed by atoms with Crippen molar-refractivity contribution < 1.29 is 13.2 Å². The highest BCUT2D eigenvalue weighted by Gasteiger charge is 2.30. The fraction of sp³-hybridized carbons (Fsp3) is 0.240. The van der Waals surface area contributed by atoms with Crippen LogP contribution in [0.3, 0.4) is 0 Å². The summed E-state index contributed by atoms with van der Waals surface area (Å²) >= 11 is 6.32. The first-order valence-electron chi connectivity index (χ1n) is 10.3. The maximum absolute atomic E-state index is 13.5. The van der Waals surface area contributed by atoms with Crippen LogP contribution in [0.2, 0.25) is 5.02 Å². The molecule has 0 fully saturated rings. The summed E-state index contributed by atoms with van der Waals surface area (Å²) in [4.78, 5) is 13.1. The van der Waals surface area contributed by atoms with Crippen LogP contribution in [-0.4, -0.2) is 26.4 Å². The molecule has 1 N–H and O–H groups in total. The van der Waals surface area contributed by atoms with Gasteiger partial charge in [0, 0.05) is 5.54 Å². The van der Waals surface area contributed by atoms with Crippen molar-refractivity contribution in [3.63, 3.8) is 0 Å². The number of benzene rings is 3. The van der Waals surface area contributed by atoms with Crippen molar-refractivity contribution in [3.8, 4) is 0 Å². The van der Waals surface area contributed by atoms with E-state index in [0.29, 0.717) is 6.42 Å². The number of rotatable bonds is 8. The monoisotopic (exact) mass is 470 g/mol. The van der Waals surface area contributed by atoms with Crippen molar-refractivity contribution in [3.05, 3.63) is 95.0 Å². The fourth-order valence-electron chi connectivity index (χ4n) is 3.49. The van der Waals surface area contributed by atoms with Gasteiger partial charge < -0.3 is 5.32 Å².